The Morgan fingerprint density at radius 1 is 1.00 bits per heavy atom. The van der Waals surface area contributed by atoms with Crippen molar-refractivity contribution in [3.05, 3.63) is 23.7 Å². The van der Waals surface area contributed by atoms with E-state index in [-0.39, 0.29) is 0 Å². The molecule has 0 fully saturated rings. The quantitative estimate of drug-likeness (QED) is 0.556. The highest BCUT2D eigenvalue weighted by Crippen LogP contribution is 2.21. The lowest BCUT2D eigenvalue weighted by Gasteiger charge is -1.78. The van der Waals surface area contributed by atoms with Gasteiger partial charge in [0.25, 0.3) is 5.78 Å². The van der Waals surface area contributed by atoms with Gasteiger partial charge in [0.1, 0.15) is 11.5 Å². The molecule has 0 aliphatic heterocycles. The fourth-order valence-corrected chi connectivity index (χ4v) is 1.09. The van der Waals surface area contributed by atoms with Crippen molar-refractivity contribution < 1.29 is 8.83 Å². The van der Waals surface area contributed by atoms with E-state index in [1.54, 1.807) is 0 Å². The number of aryl methyl sites for hydroxylation is 2. The summed E-state index contributed by atoms with van der Waals surface area (Å²) in [7, 11) is 0. The molecule has 0 atom stereocenters. The van der Waals surface area contributed by atoms with Crippen LogP contribution in [0.5, 0.6) is 0 Å². The van der Waals surface area contributed by atoms with E-state index in [4.69, 9.17) is 8.83 Å². The second-order valence-corrected chi connectivity index (χ2v) is 2.46. The zero-order valence-electron chi connectivity index (χ0n) is 5.97. The molecule has 2 heterocycles. The van der Waals surface area contributed by atoms with Crippen LogP contribution in [0.4, 0.5) is 0 Å². The molecule has 2 aromatic heterocycles. The summed E-state index contributed by atoms with van der Waals surface area (Å²) in [6.45, 7) is 3.82. The molecule has 2 nitrogen and oxygen atoms in total. The van der Waals surface area contributed by atoms with Crippen molar-refractivity contribution in [3.8, 4) is 0 Å². The van der Waals surface area contributed by atoms with Gasteiger partial charge in [-0.1, -0.05) is 0 Å². The van der Waals surface area contributed by atoms with E-state index in [0.29, 0.717) is 5.78 Å². The van der Waals surface area contributed by atoms with Gasteiger partial charge in [-0.2, -0.15) is 0 Å². The maximum atomic E-state index is 5.22. The van der Waals surface area contributed by atoms with Crippen LogP contribution in [0.2, 0.25) is 0 Å². The molecule has 0 aromatic carbocycles. The molecular formula is C8H8O2. The third-order valence-corrected chi connectivity index (χ3v) is 1.46. The lowest BCUT2D eigenvalue weighted by molar-refractivity contribution is 0.449. The summed E-state index contributed by atoms with van der Waals surface area (Å²) in [5.41, 5.74) is 0. The number of rotatable bonds is 0. The third kappa shape index (κ3) is 0.652. The van der Waals surface area contributed by atoms with Crippen molar-refractivity contribution >= 4 is 11.2 Å². The molecule has 0 N–H and O–H groups in total. The van der Waals surface area contributed by atoms with Crippen LogP contribution in [0.1, 0.15) is 11.5 Å². The molecule has 0 spiro atoms. The molecule has 2 heteroatoms. The van der Waals surface area contributed by atoms with Crippen LogP contribution in [0.3, 0.4) is 0 Å². The topological polar surface area (TPSA) is 26.3 Å². The summed E-state index contributed by atoms with van der Waals surface area (Å²) in [4.78, 5) is 0. The van der Waals surface area contributed by atoms with Gasteiger partial charge >= 0.3 is 0 Å². The normalized spacial score (nSPS) is 11.0. The largest absolute Gasteiger partial charge is 0.430 e. The van der Waals surface area contributed by atoms with Crippen LogP contribution >= 0.6 is 0 Å². The number of furan rings is 2. The van der Waals surface area contributed by atoms with Crippen LogP contribution < -0.4 is 0 Å². The summed E-state index contributed by atoms with van der Waals surface area (Å²) >= 11 is 0. The Morgan fingerprint density at radius 3 is 1.90 bits per heavy atom. The summed E-state index contributed by atoms with van der Waals surface area (Å²) < 4.78 is 10.4. The summed E-state index contributed by atoms with van der Waals surface area (Å²) in [6, 6.07) is 3.93. The smallest absolute Gasteiger partial charge is 0.297 e. The molecular weight excluding hydrogens is 128 g/mol. The van der Waals surface area contributed by atoms with Crippen LogP contribution in [0.15, 0.2) is 21.0 Å². The minimum atomic E-state index is 0.634. The average molecular weight is 136 g/mol. The van der Waals surface area contributed by atoms with E-state index >= 15 is 0 Å². The Hall–Kier alpha value is -1.18. The fraction of sp³-hybridized carbons (Fsp3) is 0.250. The van der Waals surface area contributed by atoms with E-state index in [1.165, 1.54) is 0 Å². The monoisotopic (exact) mass is 136 g/mol. The van der Waals surface area contributed by atoms with Gasteiger partial charge < -0.3 is 8.83 Å². The van der Waals surface area contributed by atoms with E-state index in [0.717, 1.165) is 16.9 Å². The third-order valence-electron chi connectivity index (χ3n) is 1.46. The zero-order valence-corrected chi connectivity index (χ0v) is 5.97. The molecule has 0 saturated carbocycles. The predicted octanol–water partition coefficient (Wildman–Crippen LogP) is 2.64. The Balaban J connectivity index is 2.83. The summed E-state index contributed by atoms with van der Waals surface area (Å²) in [5.74, 6) is 2.43. The Bertz CT molecular complexity index is 291. The van der Waals surface area contributed by atoms with Gasteiger partial charge in [-0.25, -0.2) is 0 Å². The van der Waals surface area contributed by atoms with Crippen molar-refractivity contribution in [1.29, 1.82) is 0 Å². The Labute approximate surface area is 58.4 Å². The molecule has 52 valence electrons. The van der Waals surface area contributed by atoms with Crippen LogP contribution in [0, 0.1) is 13.8 Å². The highest BCUT2D eigenvalue weighted by Gasteiger charge is 2.03. The maximum absolute atomic E-state index is 5.22. The van der Waals surface area contributed by atoms with Gasteiger partial charge in [0.05, 0.1) is 5.39 Å². The first-order chi connectivity index (χ1) is 4.75. The molecule has 2 aromatic rings. The second kappa shape index (κ2) is 1.66. The lowest BCUT2D eigenvalue weighted by Crippen LogP contribution is -1.56. The maximum Gasteiger partial charge on any atom is 0.297 e. The minimum Gasteiger partial charge on any atom is -0.430 e. The second-order valence-electron chi connectivity index (χ2n) is 2.46. The van der Waals surface area contributed by atoms with E-state index in [2.05, 4.69) is 0 Å². The van der Waals surface area contributed by atoms with Crippen molar-refractivity contribution in [2.75, 3.05) is 0 Å². The molecule has 0 unspecified atom stereocenters. The Morgan fingerprint density at radius 2 is 1.50 bits per heavy atom. The number of fused-ring (bicyclic) bond motifs is 1. The van der Waals surface area contributed by atoms with Crippen molar-refractivity contribution in [1.82, 2.24) is 0 Å². The molecule has 0 radical (unpaired) electrons. The van der Waals surface area contributed by atoms with E-state index in [9.17, 15) is 0 Å². The van der Waals surface area contributed by atoms with Crippen molar-refractivity contribution in [3.63, 3.8) is 0 Å². The molecule has 2 rings (SSSR count). The Kier molecular flexibility index (Phi) is 0.926. The van der Waals surface area contributed by atoms with E-state index < -0.39 is 0 Å². The van der Waals surface area contributed by atoms with Gasteiger partial charge in [0, 0.05) is 0 Å². The molecule has 0 saturated heterocycles. The highest BCUT2D eigenvalue weighted by atomic mass is 16.5. The molecule has 10 heavy (non-hydrogen) atoms. The minimum absolute atomic E-state index is 0.634. The van der Waals surface area contributed by atoms with Crippen molar-refractivity contribution in [2.24, 2.45) is 0 Å². The summed E-state index contributed by atoms with van der Waals surface area (Å²) in [5, 5.41) is 1.05. The van der Waals surface area contributed by atoms with Crippen LogP contribution in [-0.2, 0) is 0 Å². The van der Waals surface area contributed by atoms with Gasteiger partial charge in [-0.3, -0.25) is 0 Å². The molecule has 0 aliphatic carbocycles. The fourth-order valence-electron chi connectivity index (χ4n) is 1.09. The van der Waals surface area contributed by atoms with Crippen LogP contribution in [-0.4, -0.2) is 0 Å². The standard InChI is InChI=1S/C8H8O2/c1-5-3-7-4-6(2)10-8(7)9-5/h3-4H,1-2H3. The van der Waals surface area contributed by atoms with Gasteiger partial charge in [-0.15, -0.1) is 0 Å². The van der Waals surface area contributed by atoms with Crippen LogP contribution in [0.25, 0.3) is 11.2 Å². The zero-order chi connectivity index (χ0) is 7.14. The molecule has 0 amide bonds. The molecule has 0 bridgehead atoms. The predicted molar refractivity (Wildman–Crippen MR) is 38.0 cm³/mol. The van der Waals surface area contributed by atoms with Gasteiger partial charge in [0.2, 0.25) is 0 Å². The molecule has 0 aliphatic rings. The first-order valence-electron chi connectivity index (χ1n) is 3.22. The summed E-state index contributed by atoms with van der Waals surface area (Å²) in [6.07, 6.45) is 0. The number of hydrogen-bond acceptors (Lipinski definition) is 2. The lowest BCUT2D eigenvalue weighted by atomic mass is 10.3. The average Bonchev–Trinajstić information content (AvgIpc) is 2.21. The first-order valence-corrected chi connectivity index (χ1v) is 3.22. The van der Waals surface area contributed by atoms with Gasteiger partial charge in [-0.05, 0) is 26.0 Å². The first kappa shape index (κ1) is 5.59. The SMILES string of the molecule is Cc1cc2cc(C)oc2o1. The number of hydrogen-bond donors (Lipinski definition) is 0. The highest BCUT2D eigenvalue weighted by molar-refractivity contribution is 5.73. The van der Waals surface area contributed by atoms with Gasteiger partial charge in [0.15, 0.2) is 0 Å². The van der Waals surface area contributed by atoms with Crippen molar-refractivity contribution in [2.45, 2.75) is 13.8 Å². The van der Waals surface area contributed by atoms with E-state index in [1.807, 2.05) is 26.0 Å².